The van der Waals surface area contributed by atoms with Crippen LogP contribution in [0.15, 0.2) is 24.5 Å². The lowest BCUT2D eigenvalue weighted by atomic mass is 9.91. The average molecular weight is 274 g/mol. The van der Waals surface area contributed by atoms with Crippen LogP contribution in [-0.2, 0) is 4.74 Å². The number of hydrogen-bond acceptors (Lipinski definition) is 6. The van der Waals surface area contributed by atoms with Crippen molar-refractivity contribution in [1.82, 2.24) is 9.97 Å². The van der Waals surface area contributed by atoms with Crippen molar-refractivity contribution in [1.29, 1.82) is 0 Å². The van der Waals surface area contributed by atoms with Crippen LogP contribution >= 0.6 is 0 Å². The summed E-state index contributed by atoms with van der Waals surface area (Å²) in [6, 6.07) is 5.53. The normalized spacial score (nSPS) is 18.1. The molecule has 20 heavy (non-hydrogen) atoms. The summed E-state index contributed by atoms with van der Waals surface area (Å²) >= 11 is 0. The molecule has 106 valence electrons. The van der Waals surface area contributed by atoms with Gasteiger partial charge in [0.1, 0.15) is 12.1 Å². The molecule has 0 saturated carbocycles. The minimum Gasteiger partial charge on any atom is -0.399 e. The number of nitrogens with two attached hydrogens (primary N) is 1. The number of ether oxygens (including phenoxy) is 1. The highest BCUT2D eigenvalue weighted by Gasteiger charge is 2.32. The summed E-state index contributed by atoms with van der Waals surface area (Å²) in [7, 11) is 0. The predicted molar refractivity (Wildman–Crippen MR) is 77.4 cm³/mol. The second-order valence-corrected chi connectivity index (χ2v) is 5.17. The molecule has 2 heterocycles. The van der Waals surface area contributed by atoms with Crippen LogP contribution in [0.2, 0.25) is 0 Å². The van der Waals surface area contributed by atoms with Crippen molar-refractivity contribution in [2.24, 2.45) is 0 Å². The summed E-state index contributed by atoms with van der Waals surface area (Å²) < 4.78 is 5.37. The van der Waals surface area contributed by atoms with Gasteiger partial charge in [-0.05, 0) is 31.0 Å². The first kappa shape index (κ1) is 13.1. The number of nitrogens with one attached hydrogen (secondary N) is 1. The van der Waals surface area contributed by atoms with Gasteiger partial charge in [0.25, 0.3) is 0 Å². The maximum Gasteiger partial charge on any atom is 0.137 e. The van der Waals surface area contributed by atoms with Crippen molar-refractivity contribution in [2.75, 3.05) is 30.9 Å². The highest BCUT2D eigenvalue weighted by molar-refractivity contribution is 5.91. The fourth-order valence-electron chi connectivity index (χ4n) is 2.51. The van der Waals surface area contributed by atoms with Gasteiger partial charge in [-0.2, -0.15) is 0 Å². The molecule has 2 aromatic rings. The highest BCUT2D eigenvalue weighted by atomic mass is 16.5. The van der Waals surface area contributed by atoms with Crippen LogP contribution in [0.1, 0.15) is 12.8 Å². The van der Waals surface area contributed by atoms with Crippen LogP contribution in [-0.4, -0.2) is 40.4 Å². The number of aliphatic hydroxyl groups excluding tert-OH is 1. The van der Waals surface area contributed by atoms with E-state index in [1.807, 2.05) is 18.2 Å². The van der Waals surface area contributed by atoms with E-state index in [2.05, 4.69) is 15.3 Å². The molecule has 6 nitrogen and oxygen atoms in total. The van der Waals surface area contributed by atoms with E-state index in [1.165, 1.54) is 6.33 Å². The molecule has 0 spiro atoms. The predicted octanol–water partition coefficient (Wildman–Crippen LogP) is 1.17. The van der Waals surface area contributed by atoms with E-state index >= 15 is 0 Å². The van der Waals surface area contributed by atoms with Crippen LogP contribution < -0.4 is 11.1 Å². The smallest absolute Gasteiger partial charge is 0.137 e. The Bertz CT molecular complexity index is 611. The van der Waals surface area contributed by atoms with Crippen LogP contribution in [0.3, 0.4) is 0 Å². The lowest BCUT2D eigenvalue weighted by Gasteiger charge is -2.37. The fraction of sp³-hybridized carbons (Fsp3) is 0.429. The maximum absolute atomic E-state index is 9.74. The Kier molecular flexibility index (Phi) is 3.42. The van der Waals surface area contributed by atoms with Crippen molar-refractivity contribution < 1.29 is 9.84 Å². The molecule has 1 aliphatic heterocycles. The topological polar surface area (TPSA) is 93.3 Å². The van der Waals surface area contributed by atoms with E-state index in [0.717, 1.165) is 23.7 Å². The Morgan fingerprint density at radius 1 is 1.30 bits per heavy atom. The van der Waals surface area contributed by atoms with Crippen molar-refractivity contribution in [3.8, 4) is 0 Å². The SMILES string of the molecule is Nc1ccc2ncnc(NC3(CO)CCOCC3)c2c1. The summed E-state index contributed by atoms with van der Waals surface area (Å²) in [5, 5.41) is 14.0. The molecule has 0 unspecified atom stereocenters. The first-order valence-electron chi connectivity index (χ1n) is 6.69. The van der Waals surface area contributed by atoms with Gasteiger partial charge in [-0.1, -0.05) is 0 Å². The number of fused-ring (bicyclic) bond motifs is 1. The van der Waals surface area contributed by atoms with E-state index in [1.54, 1.807) is 0 Å². The molecule has 0 amide bonds. The minimum atomic E-state index is -0.385. The van der Waals surface area contributed by atoms with Gasteiger partial charge in [-0.25, -0.2) is 9.97 Å². The summed E-state index contributed by atoms with van der Waals surface area (Å²) in [5.74, 6) is 0.707. The second kappa shape index (κ2) is 5.22. The van der Waals surface area contributed by atoms with E-state index in [4.69, 9.17) is 10.5 Å². The van der Waals surface area contributed by atoms with Gasteiger partial charge in [0.15, 0.2) is 0 Å². The van der Waals surface area contributed by atoms with Crippen molar-refractivity contribution in [3.05, 3.63) is 24.5 Å². The van der Waals surface area contributed by atoms with Gasteiger partial charge in [0, 0.05) is 24.3 Å². The van der Waals surface area contributed by atoms with Gasteiger partial charge in [0.2, 0.25) is 0 Å². The van der Waals surface area contributed by atoms with Gasteiger partial charge in [-0.3, -0.25) is 0 Å². The van der Waals surface area contributed by atoms with Gasteiger partial charge < -0.3 is 20.9 Å². The molecule has 6 heteroatoms. The third kappa shape index (κ3) is 2.39. The molecule has 4 N–H and O–H groups in total. The zero-order chi connectivity index (χ0) is 14.0. The zero-order valence-electron chi connectivity index (χ0n) is 11.2. The van der Waals surface area contributed by atoms with E-state index in [-0.39, 0.29) is 12.1 Å². The van der Waals surface area contributed by atoms with Crippen LogP contribution in [0.4, 0.5) is 11.5 Å². The Morgan fingerprint density at radius 3 is 2.85 bits per heavy atom. The molecule has 1 saturated heterocycles. The van der Waals surface area contributed by atoms with Crippen molar-refractivity contribution in [3.63, 3.8) is 0 Å². The van der Waals surface area contributed by atoms with E-state index < -0.39 is 0 Å². The molecular weight excluding hydrogens is 256 g/mol. The summed E-state index contributed by atoms with van der Waals surface area (Å²) in [6.07, 6.45) is 3.01. The lowest BCUT2D eigenvalue weighted by Crippen LogP contribution is -2.47. The molecule has 0 atom stereocenters. The molecule has 1 aromatic carbocycles. The summed E-state index contributed by atoms with van der Waals surface area (Å²) in [6.45, 7) is 1.32. The number of anilines is 2. The number of aromatic nitrogens is 2. The minimum absolute atomic E-state index is 0.0458. The molecule has 0 bridgehead atoms. The molecular formula is C14H18N4O2. The van der Waals surface area contributed by atoms with Gasteiger partial charge >= 0.3 is 0 Å². The van der Waals surface area contributed by atoms with Crippen molar-refractivity contribution >= 4 is 22.4 Å². The highest BCUT2D eigenvalue weighted by Crippen LogP contribution is 2.29. The Balaban J connectivity index is 1.99. The largest absolute Gasteiger partial charge is 0.399 e. The first-order chi connectivity index (χ1) is 9.72. The van der Waals surface area contributed by atoms with Gasteiger partial charge in [-0.15, -0.1) is 0 Å². The van der Waals surface area contributed by atoms with E-state index in [0.29, 0.717) is 24.7 Å². The van der Waals surface area contributed by atoms with Crippen LogP contribution in [0.25, 0.3) is 10.9 Å². The number of hydrogen-bond donors (Lipinski definition) is 3. The molecule has 1 fully saturated rings. The monoisotopic (exact) mass is 274 g/mol. The quantitative estimate of drug-likeness (QED) is 0.727. The average Bonchev–Trinajstić information content (AvgIpc) is 2.49. The standard InChI is InChI=1S/C14H18N4O2/c15-10-1-2-12-11(7-10)13(17-9-16-12)18-14(8-19)3-5-20-6-4-14/h1-2,7,9,19H,3-6,8,15H2,(H,16,17,18). The van der Waals surface area contributed by atoms with Crippen LogP contribution in [0.5, 0.6) is 0 Å². The van der Waals surface area contributed by atoms with Gasteiger partial charge in [0.05, 0.1) is 17.7 Å². The lowest BCUT2D eigenvalue weighted by molar-refractivity contribution is 0.0379. The summed E-state index contributed by atoms with van der Waals surface area (Å²) in [5.41, 5.74) is 6.95. The Hall–Kier alpha value is -1.92. The zero-order valence-corrected chi connectivity index (χ0v) is 11.2. The molecule has 1 aliphatic rings. The number of benzene rings is 1. The summed E-state index contributed by atoms with van der Waals surface area (Å²) in [4.78, 5) is 8.54. The van der Waals surface area contributed by atoms with Crippen molar-refractivity contribution in [2.45, 2.75) is 18.4 Å². The maximum atomic E-state index is 9.74. The number of aliphatic hydroxyl groups is 1. The molecule has 0 radical (unpaired) electrons. The molecule has 1 aromatic heterocycles. The fourth-order valence-corrected chi connectivity index (χ4v) is 2.51. The van der Waals surface area contributed by atoms with E-state index in [9.17, 15) is 5.11 Å². The number of nitrogen functional groups attached to an aromatic ring is 1. The third-order valence-corrected chi connectivity index (χ3v) is 3.80. The Labute approximate surface area is 117 Å². The second-order valence-electron chi connectivity index (χ2n) is 5.17. The Morgan fingerprint density at radius 2 is 2.10 bits per heavy atom. The third-order valence-electron chi connectivity index (χ3n) is 3.80. The number of rotatable bonds is 3. The molecule has 3 rings (SSSR count). The first-order valence-corrected chi connectivity index (χ1v) is 6.69. The molecule has 0 aliphatic carbocycles. The number of nitrogens with zero attached hydrogens (tertiary/aromatic N) is 2. The van der Waals surface area contributed by atoms with Crippen LogP contribution in [0, 0.1) is 0 Å².